The van der Waals surface area contributed by atoms with Crippen LogP contribution in [0.5, 0.6) is 0 Å². The van der Waals surface area contributed by atoms with Crippen LogP contribution in [0.2, 0.25) is 0 Å². The Morgan fingerprint density at radius 1 is 0.765 bits per heavy atom. The summed E-state index contributed by atoms with van der Waals surface area (Å²) in [6, 6.07) is 0. The third-order valence-corrected chi connectivity index (χ3v) is 1.47. The average molecular weight is 248 g/mol. The highest BCUT2D eigenvalue weighted by Crippen LogP contribution is 2.18. The highest BCUT2D eigenvalue weighted by Gasteiger charge is 2.22. The van der Waals surface area contributed by atoms with Crippen molar-refractivity contribution in [3.8, 4) is 0 Å². The van der Waals surface area contributed by atoms with Gasteiger partial charge in [0.25, 0.3) is 0 Å². The molecule has 17 heavy (non-hydrogen) atoms. The standard InChI is InChI=1S/C13H28O4/c1-10(2)9-11(14-16-12(3,4)5)15-17-13(6,7)8/h10-11H,9H2,1-8H3. The van der Waals surface area contributed by atoms with E-state index in [2.05, 4.69) is 13.8 Å². The van der Waals surface area contributed by atoms with E-state index < -0.39 is 6.29 Å². The second-order valence-corrected chi connectivity index (χ2v) is 6.64. The van der Waals surface area contributed by atoms with Gasteiger partial charge in [-0.3, -0.25) is 0 Å². The van der Waals surface area contributed by atoms with Gasteiger partial charge in [-0.25, -0.2) is 19.6 Å². The van der Waals surface area contributed by atoms with Gasteiger partial charge in [0.2, 0.25) is 6.29 Å². The lowest BCUT2D eigenvalue weighted by molar-refractivity contribution is -0.498. The van der Waals surface area contributed by atoms with Crippen molar-refractivity contribution in [1.29, 1.82) is 0 Å². The van der Waals surface area contributed by atoms with E-state index in [1.807, 2.05) is 41.5 Å². The Morgan fingerprint density at radius 2 is 1.12 bits per heavy atom. The van der Waals surface area contributed by atoms with Gasteiger partial charge in [-0.2, -0.15) is 0 Å². The van der Waals surface area contributed by atoms with Gasteiger partial charge in [0.15, 0.2) is 0 Å². The smallest absolute Gasteiger partial charge is 0.224 e. The third-order valence-electron chi connectivity index (χ3n) is 1.47. The van der Waals surface area contributed by atoms with Crippen molar-refractivity contribution in [2.75, 3.05) is 0 Å². The minimum absolute atomic E-state index is 0.361. The largest absolute Gasteiger partial charge is 0.228 e. The van der Waals surface area contributed by atoms with E-state index in [-0.39, 0.29) is 11.2 Å². The Morgan fingerprint density at radius 3 is 1.35 bits per heavy atom. The lowest BCUT2D eigenvalue weighted by atomic mass is 10.1. The summed E-state index contributed by atoms with van der Waals surface area (Å²) >= 11 is 0. The van der Waals surface area contributed by atoms with Crippen molar-refractivity contribution in [3.05, 3.63) is 0 Å². The summed E-state index contributed by atoms with van der Waals surface area (Å²) < 4.78 is 0. The van der Waals surface area contributed by atoms with Gasteiger partial charge in [-0.1, -0.05) is 13.8 Å². The lowest BCUT2D eigenvalue weighted by Crippen LogP contribution is -2.30. The van der Waals surface area contributed by atoms with Crippen molar-refractivity contribution < 1.29 is 19.6 Å². The van der Waals surface area contributed by atoms with Crippen LogP contribution in [0.4, 0.5) is 0 Å². The quantitative estimate of drug-likeness (QED) is 0.406. The Labute approximate surface area is 105 Å². The van der Waals surface area contributed by atoms with Crippen LogP contribution in [-0.2, 0) is 19.6 Å². The van der Waals surface area contributed by atoms with Gasteiger partial charge >= 0.3 is 0 Å². The van der Waals surface area contributed by atoms with Crippen LogP contribution in [0.3, 0.4) is 0 Å². The molecule has 0 aliphatic rings. The van der Waals surface area contributed by atoms with E-state index in [9.17, 15) is 0 Å². The molecule has 0 unspecified atom stereocenters. The molecule has 4 heteroatoms. The fraction of sp³-hybridized carbons (Fsp3) is 1.00. The summed E-state index contributed by atoms with van der Waals surface area (Å²) in [6.45, 7) is 15.7. The van der Waals surface area contributed by atoms with E-state index in [1.54, 1.807) is 0 Å². The maximum atomic E-state index is 5.27. The molecule has 0 radical (unpaired) electrons. The summed E-state index contributed by atoms with van der Waals surface area (Å²) in [5.74, 6) is 0.437. The van der Waals surface area contributed by atoms with Crippen LogP contribution in [0.25, 0.3) is 0 Å². The van der Waals surface area contributed by atoms with Gasteiger partial charge in [-0.15, -0.1) is 0 Å². The van der Waals surface area contributed by atoms with Crippen molar-refractivity contribution in [2.45, 2.75) is 79.3 Å². The number of rotatable bonds is 6. The SMILES string of the molecule is CC(C)CC(OOC(C)(C)C)OOC(C)(C)C. The predicted octanol–water partition coefficient (Wildman–Crippen LogP) is 3.85. The highest BCUT2D eigenvalue weighted by atomic mass is 17.3. The molecule has 104 valence electrons. The number of hydrogen-bond acceptors (Lipinski definition) is 4. The summed E-state index contributed by atoms with van der Waals surface area (Å²) in [7, 11) is 0. The molecule has 0 atom stereocenters. The Bertz CT molecular complexity index is 182. The lowest BCUT2D eigenvalue weighted by Gasteiger charge is -2.26. The van der Waals surface area contributed by atoms with E-state index in [4.69, 9.17) is 19.6 Å². The van der Waals surface area contributed by atoms with Crippen LogP contribution in [0.15, 0.2) is 0 Å². The molecule has 0 spiro atoms. The van der Waals surface area contributed by atoms with Crippen molar-refractivity contribution in [1.82, 2.24) is 0 Å². The predicted molar refractivity (Wildman–Crippen MR) is 67.1 cm³/mol. The summed E-state index contributed by atoms with van der Waals surface area (Å²) in [6.07, 6.45) is 0.208. The maximum Gasteiger partial charge on any atom is 0.224 e. The second kappa shape index (κ2) is 6.69. The molecule has 0 bridgehead atoms. The molecule has 0 aromatic heterocycles. The molecule has 0 saturated heterocycles. The first-order valence-electron chi connectivity index (χ1n) is 6.18. The van der Waals surface area contributed by atoms with Crippen LogP contribution in [-0.4, -0.2) is 17.5 Å². The monoisotopic (exact) mass is 248 g/mol. The summed E-state index contributed by atoms with van der Waals surface area (Å²) in [5.41, 5.74) is -0.722. The first kappa shape index (κ1) is 16.8. The molecular formula is C13H28O4. The third kappa shape index (κ3) is 12.1. The molecule has 0 saturated carbocycles. The van der Waals surface area contributed by atoms with Gasteiger partial charge < -0.3 is 0 Å². The van der Waals surface area contributed by atoms with Gasteiger partial charge in [-0.05, 0) is 47.5 Å². The maximum absolute atomic E-state index is 5.27. The molecule has 0 fully saturated rings. The van der Waals surface area contributed by atoms with Gasteiger partial charge in [0.1, 0.15) is 0 Å². The first-order valence-corrected chi connectivity index (χ1v) is 6.18. The summed E-state index contributed by atoms with van der Waals surface area (Å²) in [4.78, 5) is 21.0. The molecule has 0 aromatic rings. The van der Waals surface area contributed by atoms with Crippen LogP contribution in [0, 0.1) is 5.92 Å². The normalized spacial score (nSPS) is 13.8. The Kier molecular flexibility index (Phi) is 6.62. The molecular weight excluding hydrogens is 220 g/mol. The van der Waals surface area contributed by atoms with Crippen molar-refractivity contribution in [3.63, 3.8) is 0 Å². The molecule has 4 nitrogen and oxygen atoms in total. The Hall–Kier alpha value is -0.160. The van der Waals surface area contributed by atoms with Crippen molar-refractivity contribution >= 4 is 0 Å². The topological polar surface area (TPSA) is 36.9 Å². The molecule has 0 aromatic carbocycles. The highest BCUT2D eigenvalue weighted by molar-refractivity contribution is 4.57. The van der Waals surface area contributed by atoms with Crippen LogP contribution >= 0.6 is 0 Å². The van der Waals surface area contributed by atoms with E-state index in [1.165, 1.54) is 0 Å². The minimum atomic E-state index is -0.506. The Balaban J connectivity index is 4.15. The van der Waals surface area contributed by atoms with Crippen LogP contribution < -0.4 is 0 Å². The van der Waals surface area contributed by atoms with Crippen molar-refractivity contribution in [2.24, 2.45) is 5.92 Å². The minimum Gasteiger partial charge on any atom is -0.228 e. The number of hydrogen-bond donors (Lipinski definition) is 0. The van der Waals surface area contributed by atoms with E-state index in [0.717, 1.165) is 0 Å². The molecule has 0 amide bonds. The molecule has 0 aliphatic carbocycles. The van der Waals surface area contributed by atoms with Gasteiger partial charge in [0, 0.05) is 6.42 Å². The zero-order chi connectivity index (χ0) is 13.7. The van der Waals surface area contributed by atoms with E-state index >= 15 is 0 Å². The zero-order valence-corrected chi connectivity index (χ0v) is 12.5. The zero-order valence-electron chi connectivity index (χ0n) is 12.5. The van der Waals surface area contributed by atoms with Crippen LogP contribution in [0.1, 0.15) is 61.8 Å². The fourth-order valence-electron chi connectivity index (χ4n) is 0.876. The molecule has 0 aliphatic heterocycles. The summed E-state index contributed by atoms with van der Waals surface area (Å²) in [5, 5.41) is 0. The fourth-order valence-corrected chi connectivity index (χ4v) is 0.876. The molecule has 0 rings (SSSR count). The van der Waals surface area contributed by atoms with Gasteiger partial charge in [0.05, 0.1) is 11.2 Å². The van der Waals surface area contributed by atoms with E-state index in [0.29, 0.717) is 12.3 Å². The first-order chi connectivity index (χ1) is 7.49. The average Bonchev–Trinajstić information content (AvgIpc) is 2.06. The molecule has 0 N–H and O–H groups in total. The second-order valence-electron chi connectivity index (χ2n) is 6.64. The molecule has 0 heterocycles.